The molecule has 0 bridgehead atoms. The number of hydrogen-bond donors (Lipinski definition) is 0. The van der Waals surface area contributed by atoms with Crippen LogP contribution in [-0.2, 0) is 25.7 Å². The van der Waals surface area contributed by atoms with E-state index in [0.717, 1.165) is 22.8 Å². The van der Waals surface area contributed by atoms with Gasteiger partial charge in [0.15, 0.2) is 0 Å². The maximum atomic E-state index is 4.43. The molecule has 1 aromatic heterocycles. The Labute approximate surface area is 105 Å². The number of imidazole rings is 1. The second-order valence-electron chi connectivity index (χ2n) is 2.99. The fourth-order valence-electron chi connectivity index (χ4n) is 1.46. The van der Waals surface area contributed by atoms with Gasteiger partial charge in [-0.3, -0.25) is 0 Å². The second kappa shape index (κ2) is 5.07. The first-order chi connectivity index (χ1) is 6.33. The number of fused-ring (bicyclic) bond motifs is 1. The monoisotopic (exact) mass is 345 g/mol. The minimum atomic E-state index is 0. The third-order valence-electron chi connectivity index (χ3n) is 2.03. The molecule has 2 rings (SSSR count). The molecule has 14 heavy (non-hydrogen) atoms. The summed E-state index contributed by atoms with van der Waals surface area (Å²) in [5, 5.41) is 0. The van der Waals surface area contributed by atoms with Crippen molar-refractivity contribution in [3.05, 3.63) is 24.3 Å². The molecule has 0 aliphatic heterocycles. The van der Waals surface area contributed by atoms with E-state index in [9.17, 15) is 0 Å². The summed E-state index contributed by atoms with van der Waals surface area (Å²) < 4.78 is 3.17. The quantitative estimate of drug-likeness (QED) is 0.762. The molecule has 1 aromatic carbocycles. The van der Waals surface area contributed by atoms with Gasteiger partial charge in [0.25, 0.3) is 0 Å². The Morgan fingerprint density at radius 3 is 2.79 bits per heavy atom. The third-order valence-corrected chi connectivity index (χ3v) is 2.63. The van der Waals surface area contributed by atoms with Gasteiger partial charge in [-0.2, -0.15) is 0 Å². The molecule has 0 saturated carbocycles. The Hall–Kier alpha value is -0.168. The van der Waals surface area contributed by atoms with Crippen molar-refractivity contribution in [3.8, 4) is 0 Å². The van der Waals surface area contributed by atoms with Crippen LogP contribution in [0, 0.1) is 0 Å². The number of benzene rings is 1. The number of para-hydroxylation sites is 2. The van der Waals surface area contributed by atoms with Gasteiger partial charge in [0.2, 0.25) is 0 Å². The summed E-state index contributed by atoms with van der Waals surface area (Å²) >= 11 is 3.18. The van der Waals surface area contributed by atoms with Crippen molar-refractivity contribution < 1.29 is 19.2 Å². The van der Waals surface area contributed by atoms with Crippen LogP contribution in [0.25, 0.3) is 11.0 Å². The Balaban J connectivity index is 0.000000980. The van der Waals surface area contributed by atoms with Gasteiger partial charge in [-0.25, -0.2) is 0 Å². The van der Waals surface area contributed by atoms with E-state index in [0.29, 0.717) is 0 Å². The summed E-state index contributed by atoms with van der Waals surface area (Å²) in [4.78, 5) is 4.43. The third kappa shape index (κ3) is 2.08. The summed E-state index contributed by atoms with van der Waals surface area (Å²) in [5.74, 6) is 0. The Morgan fingerprint density at radius 2 is 2.07 bits per heavy atom. The molecule has 0 fully saturated rings. The average molecular weight is 347 g/mol. The van der Waals surface area contributed by atoms with Crippen LogP contribution in [0.1, 0.15) is 13.3 Å². The standard InChI is InChI=1S/C10H11N2.BrH.Pd/c1-2-7-12-8-11-9-5-3-4-6-10(9)12;;/h3-6H,2,7H2,1H3;1H;. The molecule has 0 N–H and O–H groups in total. The zero-order chi connectivity index (χ0) is 9.26. The van der Waals surface area contributed by atoms with Crippen molar-refractivity contribution in [2.45, 2.75) is 19.9 Å². The molecule has 0 aliphatic carbocycles. The van der Waals surface area contributed by atoms with Gasteiger partial charge in [0.05, 0.1) is 0 Å². The topological polar surface area (TPSA) is 17.8 Å². The molecule has 0 amide bonds. The molecule has 0 unspecified atom stereocenters. The van der Waals surface area contributed by atoms with E-state index in [-0.39, 0.29) is 17.0 Å². The Kier molecular flexibility index (Phi) is 4.31. The first kappa shape index (κ1) is 11.9. The molecule has 79 valence electrons. The Bertz CT molecular complexity index is 425. The van der Waals surface area contributed by atoms with Gasteiger partial charge in [-0.1, -0.05) is 0 Å². The van der Waals surface area contributed by atoms with Crippen molar-refractivity contribution >= 4 is 32.3 Å². The van der Waals surface area contributed by atoms with Crippen LogP contribution in [0.4, 0.5) is 0 Å². The number of nitrogens with zero attached hydrogens (tertiary/aromatic N) is 2. The number of halogens is 1. The van der Waals surface area contributed by atoms with Crippen LogP contribution in [-0.4, -0.2) is 9.55 Å². The molecule has 0 radical (unpaired) electrons. The summed E-state index contributed by atoms with van der Waals surface area (Å²) in [5.41, 5.74) is 2.28. The molecule has 0 aliphatic rings. The normalized spacial score (nSPS) is 10.2. The van der Waals surface area contributed by atoms with Gasteiger partial charge in [0.1, 0.15) is 0 Å². The van der Waals surface area contributed by atoms with E-state index in [2.05, 4.69) is 41.7 Å². The van der Waals surface area contributed by atoms with Gasteiger partial charge < -0.3 is 0 Å². The molecule has 1 heterocycles. The van der Waals surface area contributed by atoms with Gasteiger partial charge >= 0.3 is 88.2 Å². The van der Waals surface area contributed by atoms with Crippen molar-refractivity contribution in [3.63, 3.8) is 0 Å². The van der Waals surface area contributed by atoms with Gasteiger partial charge in [-0.15, -0.1) is 17.0 Å². The first-order valence-electron chi connectivity index (χ1n) is 4.40. The van der Waals surface area contributed by atoms with Crippen LogP contribution < -0.4 is 4.30 Å². The van der Waals surface area contributed by atoms with E-state index in [4.69, 9.17) is 0 Å². The van der Waals surface area contributed by atoms with Gasteiger partial charge in [-0.05, 0) is 0 Å². The summed E-state index contributed by atoms with van der Waals surface area (Å²) in [6.07, 6.45) is 1.13. The van der Waals surface area contributed by atoms with E-state index >= 15 is 0 Å². The van der Waals surface area contributed by atoms with Crippen molar-refractivity contribution in [2.24, 2.45) is 0 Å². The number of hydrogen-bond acceptors (Lipinski definition) is 1. The predicted molar refractivity (Wildman–Crippen MR) is 60.0 cm³/mol. The molecule has 2 nitrogen and oxygen atoms in total. The Morgan fingerprint density at radius 1 is 1.36 bits per heavy atom. The zero-order valence-electron chi connectivity index (χ0n) is 7.84. The molecule has 4 heteroatoms. The fraction of sp³-hybridized carbons (Fsp3) is 0.300. The van der Waals surface area contributed by atoms with Crippen LogP contribution >= 0.6 is 17.0 Å². The fourth-order valence-corrected chi connectivity index (χ4v) is 2.01. The SMILES string of the molecule is Br.CCCn1[c]([Pd])nc2ccccc21. The van der Waals surface area contributed by atoms with Crippen molar-refractivity contribution in [2.75, 3.05) is 0 Å². The molecular weight excluding hydrogens is 334 g/mol. The predicted octanol–water partition coefficient (Wildman–Crippen LogP) is 2.20. The van der Waals surface area contributed by atoms with E-state index in [1.807, 2.05) is 18.2 Å². The average Bonchev–Trinajstić information content (AvgIpc) is 2.44. The molecular formula is C10H12BrN2Pd. The molecule has 0 saturated heterocycles. The molecule has 0 atom stereocenters. The van der Waals surface area contributed by atoms with Crippen molar-refractivity contribution in [1.82, 2.24) is 9.55 Å². The van der Waals surface area contributed by atoms with E-state index in [1.54, 1.807) is 0 Å². The summed E-state index contributed by atoms with van der Waals surface area (Å²) in [6.45, 7) is 3.20. The van der Waals surface area contributed by atoms with Crippen LogP contribution in [0.3, 0.4) is 0 Å². The second-order valence-corrected chi connectivity index (χ2v) is 3.69. The van der Waals surface area contributed by atoms with Gasteiger partial charge in [0, 0.05) is 0 Å². The summed E-state index contributed by atoms with van der Waals surface area (Å²) in [7, 11) is 0. The number of aromatic nitrogens is 2. The first-order valence-corrected chi connectivity index (χ1v) is 5.18. The van der Waals surface area contributed by atoms with Crippen molar-refractivity contribution in [1.29, 1.82) is 0 Å². The van der Waals surface area contributed by atoms with Crippen LogP contribution in [0.2, 0.25) is 0 Å². The maximum absolute atomic E-state index is 4.43. The number of aryl methyl sites for hydroxylation is 1. The van der Waals surface area contributed by atoms with E-state index in [1.165, 1.54) is 5.52 Å². The zero-order valence-corrected chi connectivity index (χ0v) is 11.1. The van der Waals surface area contributed by atoms with Crippen LogP contribution in [0.15, 0.2) is 24.3 Å². The molecule has 0 spiro atoms. The summed E-state index contributed by atoms with van der Waals surface area (Å²) in [6, 6.07) is 8.21. The molecule has 2 aromatic rings. The minimum absolute atomic E-state index is 0. The number of rotatable bonds is 2. The van der Waals surface area contributed by atoms with Crippen LogP contribution in [0.5, 0.6) is 0 Å². The van der Waals surface area contributed by atoms with E-state index < -0.39 is 0 Å².